The van der Waals surface area contributed by atoms with Gasteiger partial charge < -0.3 is 25.3 Å². The van der Waals surface area contributed by atoms with Crippen molar-refractivity contribution in [3.63, 3.8) is 0 Å². The minimum absolute atomic E-state index is 0.0370. The van der Waals surface area contributed by atoms with E-state index in [2.05, 4.69) is 22.1 Å². The van der Waals surface area contributed by atoms with Gasteiger partial charge in [-0.1, -0.05) is 17.8 Å². The molecular formula is C23H25N5O6S2. The number of thioether (sulfide) groups is 1. The molecule has 190 valence electrons. The van der Waals surface area contributed by atoms with E-state index in [1.54, 1.807) is 39.4 Å². The number of methoxy groups -OCH3 is 3. The van der Waals surface area contributed by atoms with Crippen molar-refractivity contribution >= 4 is 45.9 Å². The highest BCUT2D eigenvalue weighted by atomic mass is 32.2. The number of rotatable bonds is 11. The first-order valence-electron chi connectivity index (χ1n) is 10.5. The van der Waals surface area contributed by atoms with E-state index in [9.17, 15) is 14.4 Å². The molecule has 0 bridgehead atoms. The van der Waals surface area contributed by atoms with Gasteiger partial charge in [-0.3, -0.25) is 14.2 Å². The number of carbonyl (C=O) groups excluding carboxylic acids is 3. The lowest BCUT2D eigenvalue weighted by Gasteiger charge is -2.11. The Morgan fingerprint density at radius 2 is 1.92 bits per heavy atom. The van der Waals surface area contributed by atoms with Crippen LogP contribution in [0.5, 0.6) is 11.5 Å². The van der Waals surface area contributed by atoms with E-state index in [1.165, 1.54) is 7.11 Å². The minimum Gasteiger partial charge on any atom is -0.493 e. The van der Waals surface area contributed by atoms with Crippen molar-refractivity contribution < 1.29 is 28.6 Å². The number of aromatic nitrogens is 3. The summed E-state index contributed by atoms with van der Waals surface area (Å²) in [6.45, 7) is 5.77. The van der Waals surface area contributed by atoms with Crippen LogP contribution in [0.2, 0.25) is 0 Å². The second kappa shape index (κ2) is 11.7. The van der Waals surface area contributed by atoms with Crippen LogP contribution in [0.15, 0.2) is 36.0 Å². The largest absolute Gasteiger partial charge is 0.493 e. The molecule has 0 aliphatic rings. The Kier molecular flexibility index (Phi) is 8.72. The van der Waals surface area contributed by atoms with Gasteiger partial charge in [0.15, 0.2) is 22.5 Å². The van der Waals surface area contributed by atoms with E-state index in [1.807, 2.05) is 10.6 Å². The van der Waals surface area contributed by atoms with Gasteiger partial charge in [0.2, 0.25) is 5.91 Å². The second-order valence-electron chi connectivity index (χ2n) is 7.23. The van der Waals surface area contributed by atoms with E-state index in [0.29, 0.717) is 34.6 Å². The Hall–Kier alpha value is -3.84. The van der Waals surface area contributed by atoms with Gasteiger partial charge in [0, 0.05) is 12.1 Å². The van der Waals surface area contributed by atoms with Gasteiger partial charge in [0.25, 0.3) is 5.91 Å². The van der Waals surface area contributed by atoms with E-state index < -0.39 is 17.8 Å². The van der Waals surface area contributed by atoms with Crippen LogP contribution in [-0.4, -0.2) is 59.6 Å². The predicted molar refractivity (Wildman–Crippen MR) is 137 cm³/mol. The molecule has 1 aromatic carbocycles. The fourth-order valence-corrected chi connectivity index (χ4v) is 5.17. The van der Waals surface area contributed by atoms with Crippen molar-refractivity contribution in [2.75, 3.05) is 32.4 Å². The molecule has 3 aromatic rings. The van der Waals surface area contributed by atoms with Crippen molar-refractivity contribution in [2.45, 2.75) is 18.6 Å². The molecule has 2 heterocycles. The molecule has 0 unspecified atom stereocenters. The topological polar surface area (TPSA) is 148 Å². The fraction of sp³-hybridized carbons (Fsp3) is 0.261. The Balaban J connectivity index is 1.82. The number of carbonyl (C=O) groups is 3. The number of thiophene rings is 1. The molecular weight excluding hydrogens is 506 g/mol. The van der Waals surface area contributed by atoms with Crippen LogP contribution in [0, 0.1) is 6.92 Å². The molecule has 3 rings (SSSR count). The molecule has 0 aliphatic heterocycles. The molecule has 0 radical (unpaired) electrons. The zero-order valence-corrected chi connectivity index (χ0v) is 21.7. The summed E-state index contributed by atoms with van der Waals surface area (Å²) in [6.07, 6.45) is 1.69. The van der Waals surface area contributed by atoms with Crippen LogP contribution in [0.4, 0.5) is 5.00 Å². The maximum atomic E-state index is 12.7. The van der Waals surface area contributed by atoms with Crippen LogP contribution in [0.1, 0.15) is 25.6 Å². The van der Waals surface area contributed by atoms with E-state index in [4.69, 9.17) is 19.9 Å². The summed E-state index contributed by atoms with van der Waals surface area (Å²) in [5, 5.41) is 11.9. The number of amides is 2. The predicted octanol–water partition coefficient (Wildman–Crippen LogP) is 3.13. The van der Waals surface area contributed by atoms with Gasteiger partial charge in [0.1, 0.15) is 5.00 Å². The number of hydrogen-bond donors (Lipinski definition) is 2. The standard InChI is InChI=1S/C23H25N5O6S2/c1-6-9-28-20(13-7-8-14(32-3)15(10-13)33-4)26-27-23(28)35-11-16(29)25-21-17(22(31)34-5)12(2)18(36-21)19(24)30/h6-8,10H,1,9,11H2,2-5H3,(H2,24,30)(H,25,29). The van der Waals surface area contributed by atoms with E-state index in [-0.39, 0.29) is 21.2 Å². The number of nitrogens with one attached hydrogen (secondary N) is 1. The van der Waals surface area contributed by atoms with Gasteiger partial charge in [-0.05, 0) is 30.7 Å². The van der Waals surface area contributed by atoms with Gasteiger partial charge in [-0.15, -0.1) is 28.1 Å². The van der Waals surface area contributed by atoms with Crippen molar-refractivity contribution in [1.82, 2.24) is 14.8 Å². The number of allylic oxidation sites excluding steroid dienone is 1. The zero-order chi connectivity index (χ0) is 26.4. The number of esters is 1. The van der Waals surface area contributed by atoms with Crippen LogP contribution >= 0.6 is 23.1 Å². The number of nitrogens with zero attached hydrogens (tertiary/aromatic N) is 3. The Morgan fingerprint density at radius 3 is 2.53 bits per heavy atom. The summed E-state index contributed by atoms with van der Waals surface area (Å²) >= 11 is 2.08. The number of anilines is 1. The minimum atomic E-state index is -0.697. The molecule has 11 nitrogen and oxygen atoms in total. The summed E-state index contributed by atoms with van der Waals surface area (Å²) < 4.78 is 17.3. The van der Waals surface area contributed by atoms with Gasteiger partial charge in [-0.25, -0.2) is 4.79 Å². The van der Waals surface area contributed by atoms with Gasteiger partial charge >= 0.3 is 5.97 Å². The third-order valence-electron chi connectivity index (χ3n) is 5.02. The van der Waals surface area contributed by atoms with Gasteiger partial charge in [-0.2, -0.15) is 0 Å². The molecule has 0 atom stereocenters. The zero-order valence-electron chi connectivity index (χ0n) is 20.1. The first kappa shape index (κ1) is 26.8. The van der Waals surface area contributed by atoms with Crippen molar-refractivity contribution in [3.05, 3.63) is 46.9 Å². The van der Waals surface area contributed by atoms with Crippen LogP contribution in [0.25, 0.3) is 11.4 Å². The van der Waals surface area contributed by atoms with E-state index in [0.717, 1.165) is 28.7 Å². The maximum absolute atomic E-state index is 12.7. The first-order chi connectivity index (χ1) is 17.2. The van der Waals surface area contributed by atoms with Crippen molar-refractivity contribution in [2.24, 2.45) is 5.73 Å². The monoisotopic (exact) mass is 531 g/mol. The fourth-order valence-electron chi connectivity index (χ4n) is 3.36. The molecule has 2 amide bonds. The summed E-state index contributed by atoms with van der Waals surface area (Å²) in [4.78, 5) is 36.8. The number of ether oxygens (including phenoxy) is 3. The summed E-state index contributed by atoms with van der Waals surface area (Å²) in [7, 11) is 4.31. The average molecular weight is 532 g/mol. The molecule has 2 aromatic heterocycles. The Bertz CT molecular complexity index is 1320. The highest BCUT2D eigenvalue weighted by Crippen LogP contribution is 2.35. The molecule has 13 heteroatoms. The number of nitrogens with two attached hydrogens (primary N) is 1. The molecule has 0 spiro atoms. The average Bonchev–Trinajstić information content (AvgIpc) is 3.42. The number of hydrogen-bond acceptors (Lipinski definition) is 10. The van der Waals surface area contributed by atoms with Gasteiger partial charge in [0.05, 0.1) is 37.5 Å². The number of benzene rings is 1. The van der Waals surface area contributed by atoms with Crippen molar-refractivity contribution in [3.8, 4) is 22.9 Å². The third kappa shape index (κ3) is 5.52. The quantitative estimate of drug-likeness (QED) is 0.216. The summed E-state index contributed by atoms with van der Waals surface area (Å²) in [5.41, 5.74) is 6.59. The molecule has 3 N–H and O–H groups in total. The smallest absolute Gasteiger partial charge is 0.341 e. The summed E-state index contributed by atoms with van der Waals surface area (Å²) in [6, 6.07) is 5.38. The maximum Gasteiger partial charge on any atom is 0.341 e. The van der Waals surface area contributed by atoms with Crippen LogP contribution in [0.3, 0.4) is 0 Å². The Labute approximate surface area is 215 Å². The lowest BCUT2D eigenvalue weighted by Crippen LogP contribution is -2.16. The van der Waals surface area contributed by atoms with Crippen LogP contribution in [-0.2, 0) is 16.1 Å². The SMILES string of the molecule is C=CCn1c(SCC(=O)Nc2sc(C(N)=O)c(C)c2C(=O)OC)nnc1-c1ccc(OC)c(OC)c1. The highest BCUT2D eigenvalue weighted by molar-refractivity contribution is 7.99. The molecule has 0 aliphatic carbocycles. The van der Waals surface area contributed by atoms with Crippen LogP contribution < -0.4 is 20.5 Å². The molecule has 0 fully saturated rings. The highest BCUT2D eigenvalue weighted by Gasteiger charge is 2.25. The molecule has 0 saturated heterocycles. The summed E-state index contributed by atoms with van der Waals surface area (Å²) in [5.74, 6) is -0.140. The second-order valence-corrected chi connectivity index (χ2v) is 9.19. The normalized spacial score (nSPS) is 10.6. The first-order valence-corrected chi connectivity index (χ1v) is 12.3. The lowest BCUT2D eigenvalue weighted by atomic mass is 10.1. The Morgan fingerprint density at radius 1 is 1.19 bits per heavy atom. The lowest BCUT2D eigenvalue weighted by molar-refractivity contribution is -0.113. The molecule has 0 saturated carbocycles. The third-order valence-corrected chi connectivity index (χ3v) is 7.20. The van der Waals surface area contributed by atoms with E-state index >= 15 is 0 Å². The van der Waals surface area contributed by atoms with Crippen molar-refractivity contribution in [1.29, 1.82) is 0 Å². The number of primary amides is 1. The molecule has 36 heavy (non-hydrogen) atoms.